The molecule has 27 heavy (non-hydrogen) atoms. The molecule has 150 valence electrons. The number of carbonyl (C=O) groups is 2. The Morgan fingerprint density at radius 1 is 1.22 bits per heavy atom. The zero-order valence-electron chi connectivity index (χ0n) is 17.2. The second-order valence-corrected chi connectivity index (χ2v) is 8.91. The summed E-state index contributed by atoms with van der Waals surface area (Å²) < 4.78 is 10.2. The fourth-order valence-corrected chi connectivity index (χ4v) is 4.80. The van der Waals surface area contributed by atoms with Crippen molar-refractivity contribution in [3.05, 3.63) is 27.5 Å². The third-order valence-corrected chi connectivity index (χ3v) is 6.04. The molecular weight excluding hydrogens is 362 g/mol. The molecule has 0 spiro atoms. The van der Waals surface area contributed by atoms with Crippen LogP contribution in [0.15, 0.2) is 11.5 Å². The summed E-state index contributed by atoms with van der Waals surface area (Å²) in [7, 11) is 1.41. The van der Waals surface area contributed by atoms with Gasteiger partial charge in [0.05, 0.1) is 12.7 Å². The predicted molar refractivity (Wildman–Crippen MR) is 109 cm³/mol. The van der Waals surface area contributed by atoms with Gasteiger partial charge >= 0.3 is 12.1 Å². The molecule has 0 unspecified atom stereocenters. The lowest BCUT2D eigenvalue weighted by Crippen LogP contribution is -2.41. The third kappa shape index (κ3) is 5.58. The van der Waals surface area contributed by atoms with Gasteiger partial charge in [-0.1, -0.05) is 6.08 Å². The molecule has 0 aromatic carbocycles. The molecule has 0 radical (unpaired) electrons. The Kier molecular flexibility index (Phi) is 7.09. The molecular formula is C21H31NO4S. The van der Waals surface area contributed by atoms with Crippen molar-refractivity contribution in [3.63, 3.8) is 0 Å². The van der Waals surface area contributed by atoms with Gasteiger partial charge in [0.1, 0.15) is 5.60 Å². The fourth-order valence-electron chi connectivity index (χ4n) is 3.59. The highest BCUT2D eigenvalue weighted by Crippen LogP contribution is 2.40. The van der Waals surface area contributed by atoms with E-state index in [1.54, 1.807) is 11.3 Å². The minimum absolute atomic E-state index is 0.157. The maximum absolute atomic E-state index is 12.0. The van der Waals surface area contributed by atoms with Gasteiger partial charge in [-0.3, -0.25) is 0 Å². The molecule has 0 bridgehead atoms. The normalized spacial score (nSPS) is 20.9. The predicted octanol–water partition coefficient (Wildman–Crippen LogP) is 5.33. The first-order valence-electron chi connectivity index (χ1n) is 9.48. The fraction of sp³-hybridized carbons (Fsp3) is 0.619. The SMILES string of the molecule is C/C=C(/c1scc(C(=O)OC)c1C)C1CCC(NC(=O)OC(C)(C)C)CC1. The number of alkyl carbamates (subject to hydrolysis) is 1. The number of ether oxygens (including phenoxy) is 2. The monoisotopic (exact) mass is 393 g/mol. The van der Waals surface area contributed by atoms with Crippen LogP contribution in [0.4, 0.5) is 4.79 Å². The lowest BCUT2D eigenvalue weighted by Gasteiger charge is -2.31. The van der Waals surface area contributed by atoms with Gasteiger partial charge in [-0.15, -0.1) is 11.3 Å². The third-order valence-electron chi connectivity index (χ3n) is 4.91. The Balaban J connectivity index is 1.99. The molecule has 5 nitrogen and oxygen atoms in total. The minimum Gasteiger partial charge on any atom is -0.465 e. The topological polar surface area (TPSA) is 64.6 Å². The molecule has 1 saturated carbocycles. The first-order valence-corrected chi connectivity index (χ1v) is 10.4. The standard InChI is InChI=1S/C21H31NO4S/c1-7-16(18-13(2)17(12-27-18)19(23)25-6)14-8-10-15(11-9-14)22-20(24)26-21(3,4)5/h7,12,14-15H,8-11H2,1-6H3,(H,22,24)/b16-7+. The molecule has 2 rings (SSSR count). The molecule has 6 heteroatoms. The van der Waals surface area contributed by atoms with E-state index < -0.39 is 5.60 Å². The van der Waals surface area contributed by atoms with Crippen molar-refractivity contribution in [2.45, 2.75) is 71.9 Å². The molecule has 0 aliphatic heterocycles. The van der Waals surface area contributed by atoms with Crippen LogP contribution in [0.2, 0.25) is 0 Å². The largest absolute Gasteiger partial charge is 0.465 e. The summed E-state index contributed by atoms with van der Waals surface area (Å²) in [6, 6.07) is 0.157. The average Bonchev–Trinajstić information content (AvgIpc) is 2.96. The van der Waals surface area contributed by atoms with E-state index >= 15 is 0 Å². The summed E-state index contributed by atoms with van der Waals surface area (Å²) in [5, 5.41) is 4.88. The van der Waals surface area contributed by atoms with E-state index in [4.69, 9.17) is 9.47 Å². The first kappa shape index (κ1) is 21.5. The van der Waals surface area contributed by atoms with E-state index in [2.05, 4.69) is 18.3 Å². The summed E-state index contributed by atoms with van der Waals surface area (Å²) >= 11 is 1.61. The average molecular weight is 394 g/mol. The van der Waals surface area contributed by atoms with Crippen molar-refractivity contribution in [2.24, 2.45) is 5.92 Å². The lowest BCUT2D eigenvalue weighted by molar-refractivity contribution is 0.0489. The number of hydrogen-bond acceptors (Lipinski definition) is 5. The van der Waals surface area contributed by atoms with Crippen molar-refractivity contribution in [3.8, 4) is 0 Å². The van der Waals surface area contributed by atoms with E-state index in [1.165, 1.54) is 17.6 Å². The molecule has 1 N–H and O–H groups in total. The Morgan fingerprint density at radius 2 is 1.85 bits per heavy atom. The number of nitrogens with one attached hydrogen (secondary N) is 1. The molecule has 1 heterocycles. The number of hydrogen-bond donors (Lipinski definition) is 1. The van der Waals surface area contributed by atoms with Crippen LogP contribution in [0, 0.1) is 12.8 Å². The Labute approximate surface area is 166 Å². The Hall–Kier alpha value is -1.82. The number of amides is 1. The van der Waals surface area contributed by atoms with Gasteiger partial charge in [0.25, 0.3) is 0 Å². The second-order valence-electron chi connectivity index (χ2n) is 8.03. The Bertz CT molecular complexity index is 706. The molecule has 1 aromatic rings. The van der Waals surface area contributed by atoms with Crippen LogP contribution in [0.1, 0.15) is 74.2 Å². The highest BCUT2D eigenvalue weighted by Gasteiger charge is 2.28. The van der Waals surface area contributed by atoms with Crippen LogP contribution >= 0.6 is 11.3 Å². The summed E-state index contributed by atoms with van der Waals surface area (Å²) in [4.78, 5) is 25.0. The molecule has 0 atom stereocenters. The van der Waals surface area contributed by atoms with E-state index in [9.17, 15) is 9.59 Å². The molecule has 1 aliphatic carbocycles. The zero-order valence-corrected chi connectivity index (χ0v) is 18.0. The number of esters is 1. The van der Waals surface area contributed by atoms with Crippen LogP contribution in [-0.4, -0.2) is 30.8 Å². The highest BCUT2D eigenvalue weighted by molar-refractivity contribution is 7.11. The number of rotatable bonds is 4. The quantitative estimate of drug-likeness (QED) is 0.702. The molecule has 1 aliphatic rings. The van der Waals surface area contributed by atoms with Crippen LogP contribution in [0.5, 0.6) is 0 Å². The van der Waals surface area contributed by atoms with E-state index in [-0.39, 0.29) is 18.1 Å². The van der Waals surface area contributed by atoms with Gasteiger partial charge in [0.15, 0.2) is 0 Å². The summed E-state index contributed by atoms with van der Waals surface area (Å²) in [6.07, 6.45) is 5.68. The summed E-state index contributed by atoms with van der Waals surface area (Å²) in [5.74, 6) is 0.158. The van der Waals surface area contributed by atoms with Gasteiger partial charge in [0, 0.05) is 16.3 Å². The lowest BCUT2D eigenvalue weighted by atomic mass is 9.80. The van der Waals surface area contributed by atoms with Crippen LogP contribution in [-0.2, 0) is 9.47 Å². The summed E-state index contributed by atoms with van der Waals surface area (Å²) in [5.41, 5.74) is 2.46. The van der Waals surface area contributed by atoms with Crippen molar-refractivity contribution >= 4 is 29.0 Å². The maximum Gasteiger partial charge on any atom is 0.407 e. The van der Waals surface area contributed by atoms with Crippen molar-refractivity contribution in [1.29, 1.82) is 0 Å². The zero-order chi connectivity index (χ0) is 20.2. The van der Waals surface area contributed by atoms with Crippen LogP contribution in [0.25, 0.3) is 5.57 Å². The second kappa shape index (κ2) is 8.91. The van der Waals surface area contributed by atoms with Crippen molar-refractivity contribution in [1.82, 2.24) is 5.32 Å². The Morgan fingerprint density at radius 3 is 2.37 bits per heavy atom. The van der Waals surface area contributed by atoms with Crippen LogP contribution < -0.4 is 5.32 Å². The van der Waals surface area contributed by atoms with Gasteiger partial charge in [-0.25, -0.2) is 9.59 Å². The van der Waals surface area contributed by atoms with Gasteiger partial charge in [-0.05, 0) is 77.4 Å². The number of methoxy groups -OCH3 is 1. The van der Waals surface area contributed by atoms with Crippen LogP contribution in [0.3, 0.4) is 0 Å². The number of carbonyl (C=O) groups excluding carboxylic acids is 2. The van der Waals surface area contributed by atoms with Gasteiger partial charge in [-0.2, -0.15) is 0 Å². The van der Waals surface area contributed by atoms with Crippen molar-refractivity contribution in [2.75, 3.05) is 7.11 Å². The summed E-state index contributed by atoms with van der Waals surface area (Å²) in [6.45, 7) is 9.64. The van der Waals surface area contributed by atoms with E-state index in [1.807, 2.05) is 33.1 Å². The number of allylic oxidation sites excluding steroid dienone is 2. The highest BCUT2D eigenvalue weighted by atomic mass is 32.1. The van der Waals surface area contributed by atoms with Crippen molar-refractivity contribution < 1.29 is 19.1 Å². The number of thiophene rings is 1. The molecule has 0 saturated heterocycles. The molecule has 1 aromatic heterocycles. The van der Waals surface area contributed by atoms with E-state index in [0.29, 0.717) is 11.5 Å². The van der Waals surface area contributed by atoms with E-state index in [0.717, 1.165) is 31.2 Å². The molecule has 1 fully saturated rings. The minimum atomic E-state index is -0.479. The maximum atomic E-state index is 12.0. The first-order chi connectivity index (χ1) is 12.7. The van der Waals surface area contributed by atoms with Gasteiger partial charge in [0.2, 0.25) is 0 Å². The van der Waals surface area contributed by atoms with Gasteiger partial charge < -0.3 is 14.8 Å². The molecule has 1 amide bonds. The smallest absolute Gasteiger partial charge is 0.407 e.